The zero-order valence-electron chi connectivity index (χ0n) is 14.0. The van der Waals surface area contributed by atoms with Gasteiger partial charge in [0.25, 0.3) is 0 Å². The third kappa shape index (κ3) is 3.94. The number of nitrogens with zero attached hydrogens (tertiary/aromatic N) is 6. The minimum absolute atomic E-state index is 0.0655. The van der Waals surface area contributed by atoms with Crippen molar-refractivity contribution in [3.63, 3.8) is 0 Å². The zero-order valence-corrected chi connectivity index (χ0v) is 14.0. The van der Waals surface area contributed by atoms with Gasteiger partial charge in [-0.15, -0.1) is 10.2 Å². The van der Waals surface area contributed by atoms with Gasteiger partial charge in [0.2, 0.25) is 5.89 Å². The van der Waals surface area contributed by atoms with Crippen molar-refractivity contribution in [3.8, 4) is 0 Å². The lowest BCUT2D eigenvalue weighted by molar-refractivity contribution is -0.0414. The number of morpholine rings is 1. The van der Waals surface area contributed by atoms with Crippen LogP contribution in [0.15, 0.2) is 10.9 Å². The van der Waals surface area contributed by atoms with Crippen molar-refractivity contribution >= 4 is 0 Å². The minimum Gasteiger partial charge on any atom is -0.368 e. The van der Waals surface area contributed by atoms with Gasteiger partial charge in [0.1, 0.15) is 12.4 Å². The standard InChI is InChI=1S/C15H24N6O2/c1-4-21-10-16-18-15(21)12-8-20(5-6-22-12)9-14-17-13(19-23-14)7-11(2)3/h10-12H,4-9H2,1-3H3. The molecule has 1 unspecified atom stereocenters. The molecule has 126 valence electrons. The number of ether oxygens (including phenoxy) is 1. The Bertz CT molecular complexity index is 623. The number of hydrogen-bond donors (Lipinski definition) is 0. The number of aryl methyl sites for hydroxylation is 1. The summed E-state index contributed by atoms with van der Waals surface area (Å²) in [6, 6.07) is 0. The molecule has 1 fully saturated rings. The van der Waals surface area contributed by atoms with Crippen LogP contribution < -0.4 is 0 Å². The highest BCUT2D eigenvalue weighted by Gasteiger charge is 2.27. The molecule has 8 nitrogen and oxygen atoms in total. The van der Waals surface area contributed by atoms with Crippen molar-refractivity contribution in [2.45, 2.75) is 46.4 Å². The molecule has 1 atom stereocenters. The van der Waals surface area contributed by atoms with E-state index in [1.54, 1.807) is 6.33 Å². The molecular formula is C15H24N6O2. The third-order valence-corrected chi connectivity index (χ3v) is 3.88. The lowest BCUT2D eigenvalue weighted by Crippen LogP contribution is -2.38. The number of hydrogen-bond acceptors (Lipinski definition) is 7. The molecule has 1 aliphatic rings. The largest absolute Gasteiger partial charge is 0.368 e. The Balaban J connectivity index is 1.61. The summed E-state index contributed by atoms with van der Waals surface area (Å²) in [5, 5.41) is 12.2. The average molecular weight is 320 g/mol. The Hall–Kier alpha value is -1.80. The Morgan fingerprint density at radius 1 is 1.39 bits per heavy atom. The summed E-state index contributed by atoms with van der Waals surface area (Å²) in [6.07, 6.45) is 2.52. The summed E-state index contributed by atoms with van der Waals surface area (Å²) < 4.78 is 13.2. The first-order valence-corrected chi connectivity index (χ1v) is 8.18. The van der Waals surface area contributed by atoms with E-state index in [0.29, 0.717) is 25.0 Å². The smallest absolute Gasteiger partial charge is 0.240 e. The molecule has 23 heavy (non-hydrogen) atoms. The summed E-state index contributed by atoms with van der Waals surface area (Å²) in [4.78, 5) is 6.73. The molecule has 0 aliphatic carbocycles. The van der Waals surface area contributed by atoms with E-state index in [9.17, 15) is 0 Å². The lowest BCUT2D eigenvalue weighted by atomic mass is 10.1. The summed E-state index contributed by atoms with van der Waals surface area (Å²) in [6.45, 7) is 10.1. The minimum atomic E-state index is -0.0655. The van der Waals surface area contributed by atoms with Gasteiger partial charge < -0.3 is 13.8 Å². The molecule has 1 saturated heterocycles. The molecule has 2 aromatic heterocycles. The summed E-state index contributed by atoms with van der Waals surface area (Å²) in [5.41, 5.74) is 0. The molecule has 3 rings (SSSR count). The van der Waals surface area contributed by atoms with Crippen LogP contribution >= 0.6 is 0 Å². The summed E-state index contributed by atoms with van der Waals surface area (Å²) >= 11 is 0. The quantitative estimate of drug-likeness (QED) is 0.796. The van der Waals surface area contributed by atoms with E-state index in [1.165, 1.54) is 0 Å². The summed E-state index contributed by atoms with van der Waals surface area (Å²) in [5.74, 6) is 2.85. The van der Waals surface area contributed by atoms with Crippen LogP contribution in [-0.2, 0) is 24.2 Å². The van der Waals surface area contributed by atoms with Gasteiger partial charge in [-0.05, 0) is 12.8 Å². The van der Waals surface area contributed by atoms with Crippen molar-refractivity contribution in [2.75, 3.05) is 19.7 Å². The van der Waals surface area contributed by atoms with E-state index in [2.05, 4.69) is 46.0 Å². The van der Waals surface area contributed by atoms with Gasteiger partial charge in [-0.2, -0.15) is 4.98 Å². The normalized spacial score (nSPS) is 19.6. The Kier molecular flexibility index (Phi) is 5.02. The van der Waals surface area contributed by atoms with Crippen LogP contribution in [0.4, 0.5) is 0 Å². The molecule has 8 heteroatoms. The van der Waals surface area contributed by atoms with Gasteiger partial charge in [0.15, 0.2) is 11.6 Å². The van der Waals surface area contributed by atoms with Gasteiger partial charge >= 0.3 is 0 Å². The van der Waals surface area contributed by atoms with Gasteiger partial charge in [0.05, 0.1) is 13.2 Å². The van der Waals surface area contributed by atoms with Gasteiger partial charge in [-0.3, -0.25) is 4.90 Å². The van der Waals surface area contributed by atoms with E-state index in [-0.39, 0.29) is 6.10 Å². The molecule has 1 aliphatic heterocycles. The van der Waals surface area contributed by atoms with Gasteiger partial charge in [-0.1, -0.05) is 19.0 Å². The van der Waals surface area contributed by atoms with E-state index >= 15 is 0 Å². The monoisotopic (exact) mass is 320 g/mol. The SMILES string of the molecule is CCn1cnnc1C1CN(Cc2nc(CC(C)C)no2)CCO1. The molecule has 0 saturated carbocycles. The van der Waals surface area contributed by atoms with Crippen LogP contribution in [0.2, 0.25) is 0 Å². The van der Waals surface area contributed by atoms with Crippen molar-refractivity contribution in [1.82, 2.24) is 29.8 Å². The topological polar surface area (TPSA) is 82.1 Å². The zero-order chi connectivity index (χ0) is 16.2. The number of aromatic nitrogens is 5. The number of rotatable bonds is 6. The van der Waals surface area contributed by atoms with Crippen molar-refractivity contribution in [3.05, 3.63) is 23.9 Å². The summed E-state index contributed by atoms with van der Waals surface area (Å²) in [7, 11) is 0. The molecule has 0 spiro atoms. The Morgan fingerprint density at radius 3 is 3.04 bits per heavy atom. The van der Waals surface area contributed by atoms with Crippen molar-refractivity contribution < 1.29 is 9.26 Å². The first-order chi connectivity index (χ1) is 11.2. The molecule has 0 aromatic carbocycles. The second kappa shape index (κ2) is 7.18. The van der Waals surface area contributed by atoms with Crippen LogP contribution in [0.5, 0.6) is 0 Å². The van der Waals surface area contributed by atoms with Crippen LogP contribution in [0.3, 0.4) is 0 Å². The molecule has 0 amide bonds. The maximum atomic E-state index is 5.86. The van der Waals surface area contributed by atoms with Crippen LogP contribution in [0.25, 0.3) is 0 Å². The van der Waals surface area contributed by atoms with E-state index in [0.717, 1.165) is 37.7 Å². The highest BCUT2D eigenvalue weighted by Crippen LogP contribution is 2.21. The first kappa shape index (κ1) is 16.1. The second-order valence-electron chi connectivity index (χ2n) is 6.27. The lowest BCUT2D eigenvalue weighted by Gasteiger charge is -2.31. The molecule has 0 N–H and O–H groups in total. The molecule has 0 radical (unpaired) electrons. The van der Waals surface area contributed by atoms with Crippen molar-refractivity contribution in [2.24, 2.45) is 5.92 Å². The second-order valence-corrected chi connectivity index (χ2v) is 6.27. The van der Waals surface area contributed by atoms with E-state index < -0.39 is 0 Å². The fraction of sp³-hybridized carbons (Fsp3) is 0.733. The van der Waals surface area contributed by atoms with Crippen molar-refractivity contribution in [1.29, 1.82) is 0 Å². The fourth-order valence-electron chi connectivity index (χ4n) is 2.75. The Morgan fingerprint density at radius 2 is 2.26 bits per heavy atom. The maximum Gasteiger partial charge on any atom is 0.240 e. The van der Waals surface area contributed by atoms with E-state index in [4.69, 9.17) is 9.26 Å². The van der Waals surface area contributed by atoms with Crippen LogP contribution in [-0.4, -0.2) is 49.5 Å². The average Bonchev–Trinajstić information content (AvgIpc) is 3.16. The highest BCUT2D eigenvalue weighted by molar-refractivity contribution is 4.96. The fourth-order valence-corrected chi connectivity index (χ4v) is 2.75. The predicted octanol–water partition coefficient (Wildman–Crippen LogP) is 1.45. The van der Waals surface area contributed by atoms with E-state index in [1.807, 2.05) is 4.57 Å². The molecule has 0 bridgehead atoms. The molecule has 2 aromatic rings. The van der Waals surface area contributed by atoms with Crippen LogP contribution in [0.1, 0.15) is 44.4 Å². The van der Waals surface area contributed by atoms with Gasteiger partial charge in [0, 0.05) is 26.1 Å². The Labute approximate surface area is 135 Å². The van der Waals surface area contributed by atoms with Crippen LogP contribution in [0, 0.1) is 5.92 Å². The van der Waals surface area contributed by atoms with Gasteiger partial charge in [-0.25, -0.2) is 0 Å². The maximum absolute atomic E-state index is 5.86. The first-order valence-electron chi connectivity index (χ1n) is 8.18. The third-order valence-electron chi connectivity index (χ3n) is 3.88. The molecule has 3 heterocycles. The highest BCUT2D eigenvalue weighted by atomic mass is 16.5. The molecular weight excluding hydrogens is 296 g/mol. The predicted molar refractivity (Wildman–Crippen MR) is 82.5 cm³/mol.